The topological polar surface area (TPSA) is 108 Å². The molecule has 2 aliphatic heterocycles. The fourth-order valence-corrected chi connectivity index (χ4v) is 7.62. The molecular formula is C40H38F3N7O3. The maximum atomic E-state index is 17.0. The van der Waals surface area contributed by atoms with Crippen LogP contribution in [0.2, 0.25) is 0 Å². The predicted molar refractivity (Wildman–Crippen MR) is 196 cm³/mol. The van der Waals surface area contributed by atoms with E-state index in [1.54, 1.807) is 29.2 Å². The van der Waals surface area contributed by atoms with Gasteiger partial charge in [-0.05, 0) is 67.1 Å². The normalized spacial score (nSPS) is 20.2. The predicted octanol–water partition coefficient (Wildman–Crippen LogP) is 6.20. The van der Waals surface area contributed by atoms with Crippen molar-refractivity contribution in [3.8, 4) is 35.4 Å². The summed E-state index contributed by atoms with van der Waals surface area (Å²) in [6, 6.07) is 8.77. The highest BCUT2D eigenvalue weighted by molar-refractivity contribution is 6.03. The van der Waals surface area contributed by atoms with E-state index in [0.29, 0.717) is 30.8 Å². The first-order valence-electron chi connectivity index (χ1n) is 17.3. The van der Waals surface area contributed by atoms with Crippen LogP contribution in [0, 0.1) is 24.0 Å². The number of halogens is 3. The summed E-state index contributed by atoms with van der Waals surface area (Å²) in [5.74, 6) is 0.719. The largest absolute Gasteiger partial charge is 0.508 e. The lowest BCUT2D eigenvalue weighted by Crippen LogP contribution is -2.45. The van der Waals surface area contributed by atoms with Gasteiger partial charge in [0.25, 0.3) is 0 Å². The van der Waals surface area contributed by atoms with Crippen molar-refractivity contribution >= 4 is 33.4 Å². The van der Waals surface area contributed by atoms with Crippen molar-refractivity contribution in [2.45, 2.75) is 50.5 Å². The molecule has 2 aliphatic rings. The number of likely N-dealkylation sites (N-methyl/N-ethyl adjacent to an activating group) is 1. The van der Waals surface area contributed by atoms with Crippen LogP contribution in [0.3, 0.4) is 0 Å². The van der Waals surface area contributed by atoms with E-state index in [4.69, 9.17) is 16.1 Å². The van der Waals surface area contributed by atoms with Crippen molar-refractivity contribution < 1.29 is 27.8 Å². The summed E-state index contributed by atoms with van der Waals surface area (Å²) >= 11 is 0. The van der Waals surface area contributed by atoms with Crippen molar-refractivity contribution in [2.24, 2.45) is 0 Å². The molecule has 3 aromatic heterocycles. The van der Waals surface area contributed by atoms with Gasteiger partial charge in [0.1, 0.15) is 41.4 Å². The lowest BCUT2D eigenvalue weighted by atomic mass is 9.96. The number of fused-ring (bicyclic) bond motifs is 2. The number of ether oxygens (including phenoxy) is 1. The van der Waals surface area contributed by atoms with E-state index in [0.717, 1.165) is 18.4 Å². The lowest BCUT2D eigenvalue weighted by Gasteiger charge is -2.34. The van der Waals surface area contributed by atoms with E-state index in [9.17, 15) is 18.7 Å². The smallest absolute Gasteiger partial charge is 0.319 e. The van der Waals surface area contributed by atoms with Crippen LogP contribution in [-0.2, 0) is 11.3 Å². The summed E-state index contributed by atoms with van der Waals surface area (Å²) in [5, 5.41) is 11.5. The number of anilines is 1. The molecule has 7 rings (SSSR count). The molecule has 53 heavy (non-hydrogen) atoms. The molecule has 2 fully saturated rings. The second kappa shape index (κ2) is 14.4. The van der Waals surface area contributed by atoms with Gasteiger partial charge in [0, 0.05) is 75.2 Å². The summed E-state index contributed by atoms with van der Waals surface area (Å²) in [4.78, 5) is 36.0. The number of carbonyl (C=O) groups excluding carboxylic acids is 1. The first kappa shape index (κ1) is 35.7. The van der Waals surface area contributed by atoms with Gasteiger partial charge in [-0.2, -0.15) is 9.97 Å². The highest BCUT2D eigenvalue weighted by atomic mass is 19.1. The number of rotatable bonds is 10. The van der Waals surface area contributed by atoms with Gasteiger partial charge in [0.05, 0.1) is 16.5 Å². The van der Waals surface area contributed by atoms with Gasteiger partial charge >= 0.3 is 6.01 Å². The van der Waals surface area contributed by atoms with E-state index < -0.39 is 23.3 Å². The Morgan fingerprint density at radius 3 is 2.77 bits per heavy atom. The molecule has 0 bridgehead atoms. The maximum absolute atomic E-state index is 17.0. The van der Waals surface area contributed by atoms with Gasteiger partial charge < -0.3 is 19.6 Å². The molecular weight excluding hydrogens is 683 g/mol. The van der Waals surface area contributed by atoms with Crippen LogP contribution >= 0.6 is 0 Å². The molecule has 0 aliphatic carbocycles. The van der Waals surface area contributed by atoms with Crippen LogP contribution in [0.5, 0.6) is 11.8 Å². The van der Waals surface area contributed by atoms with E-state index in [2.05, 4.69) is 27.5 Å². The number of carbonyl (C=O) groups is 1. The average Bonchev–Trinajstić information content (AvgIpc) is 3.73. The average molecular weight is 722 g/mol. The van der Waals surface area contributed by atoms with E-state index >= 15 is 4.39 Å². The number of alkyl halides is 1. The van der Waals surface area contributed by atoms with Crippen LogP contribution in [0.25, 0.3) is 32.9 Å². The number of terminal acetylenes is 1. The highest BCUT2D eigenvalue weighted by Crippen LogP contribution is 2.39. The first-order valence-corrected chi connectivity index (χ1v) is 17.3. The molecule has 0 spiro atoms. The third kappa shape index (κ3) is 6.82. The Morgan fingerprint density at radius 2 is 2.02 bits per heavy atom. The molecule has 0 radical (unpaired) electrons. The molecule has 13 heteroatoms. The third-order valence-corrected chi connectivity index (χ3v) is 10.3. The molecule has 1 N–H and O–H groups in total. The maximum Gasteiger partial charge on any atom is 0.319 e. The van der Waals surface area contributed by atoms with Gasteiger partial charge in [-0.25, -0.2) is 13.2 Å². The quantitative estimate of drug-likeness (QED) is 0.133. The minimum absolute atomic E-state index is 0.00103. The summed E-state index contributed by atoms with van der Waals surface area (Å²) in [7, 11) is 1.78. The minimum Gasteiger partial charge on any atom is -0.508 e. The highest BCUT2D eigenvalue weighted by Gasteiger charge is 2.43. The second-order valence-electron chi connectivity index (χ2n) is 13.9. The van der Waals surface area contributed by atoms with Crippen LogP contribution in [0.1, 0.15) is 37.3 Å². The Labute approximate surface area is 304 Å². The minimum atomic E-state index is -1.08. The van der Waals surface area contributed by atoms with E-state index in [-0.39, 0.29) is 76.4 Å². The number of amides is 1. The van der Waals surface area contributed by atoms with Crippen molar-refractivity contribution in [3.05, 3.63) is 90.4 Å². The Kier molecular flexibility index (Phi) is 9.65. The Bertz CT molecular complexity index is 2270. The van der Waals surface area contributed by atoms with E-state index in [1.165, 1.54) is 36.5 Å². The number of benzene rings is 2. The SMILES string of the molecule is C#Cc1c(F)ccc2cc(O)cc(-c3ncc4c(N(C)C[C@@H]5CCCN5C(=O)C=C)nc(OC[C@]5(C)C[C@@H](F)CN5Cc5ccncc5)nc4c3F)c12. The Morgan fingerprint density at radius 1 is 1.23 bits per heavy atom. The van der Waals surface area contributed by atoms with Crippen LogP contribution in [0.15, 0.2) is 67.6 Å². The summed E-state index contributed by atoms with van der Waals surface area (Å²) in [6.07, 6.45) is 12.5. The summed E-state index contributed by atoms with van der Waals surface area (Å²) in [5.41, 5.74) is -0.169. The number of hydrogen-bond donors (Lipinski definition) is 1. The number of phenols is 1. The zero-order valence-corrected chi connectivity index (χ0v) is 29.4. The number of aromatic hydroxyl groups is 1. The third-order valence-electron chi connectivity index (χ3n) is 10.3. The van der Waals surface area contributed by atoms with Gasteiger partial charge in [-0.1, -0.05) is 18.6 Å². The summed E-state index contributed by atoms with van der Waals surface area (Å²) < 4.78 is 53.1. The number of phenolic OH excluding ortho intramolecular Hbond substituents is 1. The fraction of sp³-hybridized carbons (Fsp3) is 0.325. The molecule has 272 valence electrons. The van der Waals surface area contributed by atoms with Crippen molar-refractivity contribution in [1.29, 1.82) is 0 Å². The number of hydrogen-bond acceptors (Lipinski definition) is 9. The zero-order valence-electron chi connectivity index (χ0n) is 29.4. The van der Waals surface area contributed by atoms with Crippen LogP contribution in [-0.4, -0.2) is 91.8 Å². The molecule has 5 aromatic rings. The van der Waals surface area contributed by atoms with Gasteiger partial charge in [0.2, 0.25) is 5.91 Å². The number of nitrogens with zero attached hydrogens (tertiary/aromatic N) is 7. The van der Waals surface area contributed by atoms with E-state index in [1.807, 2.05) is 24.0 Å². The lowest BCUT2D eigenvalue weighted by molar-refractivity contribution is -0.126. The summed E-state index contributed by atoms with van der Waals surface area (Å²) in [6.45, 7) is 7.16. The van der Waals surface area contributed by atoms with Crippen LogP contribution < -0.4 is 9.64 Å². The van der Waals surface area contributed by atoms with Crippen LogP contribution in [0.4, 0.5) is 19.0 Å². The fourth-order valence-electron chi connectivity index (χ4n) is 7.62. The molecule has 5 heterocycles. The Balaban J connectivity index is 1.32. The standard InChI is InChI=1S/C40H38F3N7O3/c1-5-29-32(42)10-9-25-16-28(51)17-30(34(25)29)36-35(43)37-31(19-45-36)38(48(4)22-27-8-7-15-50(27)33(52)6-2)47-39(46-37)53-23-40(3)18-26(41)21-49(40)20-24-11-13-44-14-12-24/h1,6,9-14,16-17,19,26-27,51H,2,7-8,15,18,20-23H2,3-4H3/t26-,27+,40+/m1/s1. The van der Waals surface area contributed by atoms with Gasteiger partial charge in [-0.15, -0.1) is 6.42 Å². The van der Waals surface area contributed by atoms with Crippen molar-refractivity contribution in [3.63, 3.8) is 0 Å². The second-order valence-corrected chi connectivity index (χ2v) is 13.9. The molecule has 1 amide bonds. The Hall–Kier alpha value is -5.74. The molecule has 2 aromatic carbocycles. The first-order chi connectivity index (χ1) is 25.5. The molecule has 3 atom stereocenters. The zero-order chi connectivity index (χ0) is 37.4. The van der Waals surface area contributed by atoms with Gasteiger partial charge in [0.15, 0.2) is 5.82 Å². The number of aromatic nitrogens is 4. The van der Waals surface area contributed by atoms with Crippen molar-refractivity contribution in [1.82, 2.24) is 29.7 Å². The molecule has 2 saturated heterocycles. The molecule has 0 unspecified atom stereocenters. The van der Waals surface area contributed by atoms with Crippen molar-refractivity contribution in [2.75, 3.05) is 38.2 Å². The number of likely N-dealkylation sites (tertiary alicyclic amines) is 2. The number of pyridine rings is 2. The van der Waals surface area contributed by atoms with Gasteiger partial charge in [-0.3, -0.25) is 19.7 Å². The molecule has 10 nitrogen and oxygen atoms in total. The molecule has 0 saturated carbocycles. The monoisotopic (exact) mass is 721 g/mol.